The summed E-state index contributed by atoms with van der Waals surface area (Å²) in [6.07, 6.45) is 5.78. The van der Waals surface area contributed by atoms with E-state index in [4.69, 9.17) is 9.72 Å². The van der Waals surface area contributed by atoms with Gasteiger partial charge >= 0.3 is 0 Å². The number of nitrogens with zero attached hydrogens (tertiary/aromatic N) is 4. The second-order valence-electron chi connectivity index (χ2n) is 6.30. The van der Waals surface area contributed by atoms with Crippen molar-refractivity contribution in [2.24, 2.45) is 0 Å². The highest BCUT2D eigenvalue weighted by atomic mass is 16.5. The number of fused-ring (bicyclic) bond motifs is 1. The Bertz CT molecular complexity index is 842. The molecule has 122 valence electrons. The van der Waals surface area contributed by atoms with E-state index < -0.39 is 0 Å². The second-order valence-corrected chi connectivity index (χ2v) is 6.30. The van der Waals surface area contributed by atoms with E-state index in [9.17, 15) is 0 Å². The summed E-state index contributed by atoms with van der Waals surface area (Å²) in [6.45, 7) is 5.88. The van der Waals surface area contributed by atoms with Gasteiger partial charge in [-0.15, -0.1) is 0 Å². The topological polar surface area (TPSA) is 51.1 Å². The minimum Gasteiger partial charge on any atom is -0.372 e. The Labute approximate surface area is 141 Å². The van der Waals surface area contributed by atoms with E-state index >= 15 is 0 Å². The second kappa shape index (κ2) is 6.17. The van der Waals surface area contributed by atoms with Crippen molar-refractivity contribution in [1.29, 1.82) is 0 Å². The predicted molar refractivity (Wildman–Crippen MR) is 95.0 cm³/mol. The number of hydrogen-bond donors (Lipinski definition) is 0. The molecule has 0 saturated carbocycles. The fourth-order valence-corrected chi connectivity index (χ4v) is 3.32. The average Bonchev–Trinajstić information content (AvgIpc) is 2.60. The number of ether oxygens (including phenoxy) is 1. The van der Waals surface area contributed by atoms with Gasteiger partial charge in [-0.1, -0.05) is 0 Å². The summed E-state index contributed by atoms with van der Waals surface area (Å²) in [7, 11) is 0. The minimum absolute atomic E-state index is 0.187. The zero-order valence-electron chi connectivity index (χ0n) is 13.9. The molecule has 0 amide bonds. The van der Waals surface area contributed by atoms with Gasteiger partial charge in [-0.05, 0) is 44.2 Å². The van der Waals surface area contributed by atoms with E-state index in [0.717, 1.165) is 41.1 Å². The molecule has 0 aliphatic carbocycles. The van der Waals surface area contributed by atoms with Crippen LogP contribution < -0.4 is 4.90 Å². The van der Waals surface area contributed by atoms with Gasteiger partial charge in [0.2, 0.25) is 0 Å². The van der Waals surface area contributed by atoms with Crippen LogP contribution in [0, 0.1) is 0 Å². The standard InChI is InChI=1S/C19H20N4O/c1-13-11-23(12-14(2)24-13)19-16-4-3-7-21-18(16)10-17(22-19)15-5-8-20-9-6-15/h3-10,13-14H,11-12H2,1-2H3/t13-,14-/m1/s1. The van der Waals surface area contributed by atoms with Gasteiger partial charge < -0.3 is 9.64 Å². The Kier molecular flexibility index (Phi) is 3.86. The SMILES string of the molecule is C[C@@H]1CN(c2nc(-c3ccncc3)cc3ncccc23)C[C@@H](C)O1. The number of rotatable bonds is 2. The van der Waals surface area contributed by atoms with Gasteiger partial charge in [-0.25, -0.2) is 4.98 Å². The molecular formula is C19H20N4O. The van der Waals surface area contributed by atoms with Crippen LogP contribution in [0.3, 0.4) is 0 Å². The van der Waals surface area contributed by atoms with Crippen LogP contribution >= 0.6 is 0 Å². The number of anilines is 1. The van der Waals surface area contributed by atoms with Crippen LogP contribution in [0.1, 0.15) is 13.8 Å². The molecule has 0 N–H and O–H groups in total. The third kappa shape index (κ3) is 2.83. The lowest BCUT2D eigenvalue weighted by molar-refractivity contribution is -0.00536. The number of aromatic nitrogens is 3. The van der Waals surface area contributed by atoms with Crippen molar-refractivity contribution in [3.8, 4) is 11.3 Å². The van der Waals surface area contributed by atoms with Gasteiger partial charge in [0.25, 0.3) is 0 Å². The molecule has 0 bridgehead atoms. The van der Waals surface area contributed by atoms with E-state index in [-0.39, 0.29) is 12.2 Å². The Morgan fingerprint density at radius 1 is 1.04 bits per heavy atom. The summed E-state index contributed by atoms with van der Waals surface area (Å²) in [5.74, 6) is 0.981. The summed E-state index contributed by atoms with van der Waals surface area (Å²) in [5, 5.41) is 1.08. The normalized spacial score (nSPS) is 21.2. The maximum absolute atomic E-state index is 5.87. The number of morpholine rings is 1. The van der Waals surface area contributed by atoms with Crippen LogP contribution in [0.15, 0.2) is 48.9 Å². The van der Waals surface area contributed by atoms with Crippen LogP contribution in [-0.2, 0) is 4.74 Å². The average molecular weight is 320 g/mol. The first kappa shape index (κ1) is 15.0. The fourth-order valence-electron chi connectivity index (χ4n) is 3.32. The number of pyridine rings is 3. The van der Waals surface area contributed by atoms with Gasteiger partial charge in [-0.2, -0.15) is 0 Å². The summed E-state index contributed by atoms with van der Waals surface area (Å²) < 4.78 is 5.87. The number of hydrogen-bond acceptors (Lipinski definition) is 5. The van der Waals surface area contributed by atoms with E-state index in [1.807, 2.05) is 30.5 Å². The van der Waals surface area contributed by atoms with Crippen LogP contribution in [0.4, 0.5) is 5.82 Å². The first-order valence-corrected chi connectivity index (χ1v) is 8.27. The quantitative estimate of drug-likeness (QED) is 0.725. The van der Waals surface area contributed by atoms with Gasteiger partial charge in [-0.3, -0.25) is 9.97 Å². The third-order valence-corrected chi connectivity index (χ3v) is 4.27. The molecule has 3 aromatic heterocycles. The summed E-state index contributed by atoms with van der Waals surface area (Å²) in [6, 6.07) is 10.1. The minimum atomic E-state index is 0.187. The molecule has 2 atom stereocenters. The lowest BCUT2D eigenvalue weighted by Crippen LogP contribution is -2.46. The summed E-state index contributed by atoms with van der Waals surface area (Å²) in [5.41, 5.74) is 2.93. The predicted octanol–water partition coefficient (Wildman–Crippen LogP) is 3.31. The molecule has 1 aliphatic rings. The zero-order valence-corrected chi connectivity index (χ0v) is 13.9. The highest BCUT2D eigenvalue weighted by Crippen LogP contribution is 2.30. The molecule has 4 heterocycles. The van der Waals surface area contributed by atoms with Crippen molar-refractivity contribution in [3.63, 3.8) is 0 Å². The van der Waals surface area contributed by atoms with Crippen molar-refractivity contribution < 1.29 is 4.74 Å². The third-order valence-electron chi connectivity index (χ3n) is 4.27. The Balaban J connectivity index is 1.87. The molecule has 24 heavy (non-hydrogen) atoms. The van der Waals surface area contributed by atoms with E-state index in [2.05, 4.69) is 34.8 Å². The first-order valence-electron chi connectivity index (χ1n) is 8.27. The van der Waals surface area contributed by atoms with Gasteiger partial charge in [0.15, 0.2) is 0 Å². The summed E-state index contributed by atoms with van der Waals surface area (Å²) >= 11 is 0. The highest BCUT2D eigenvalue weighted by Gasteiger charge is 2.25. The Morgan fingerprint density at radius 2 is 1.79 bits per heavy atom. The Hall–Kier alpha value is -2.53. The molecule has 3 aromatic rings. The molecule has 5 heteroatoms. The van der Waals surface area contributed by atoms with Gasteiger partial charge in [0.05, 0.1) is 23.4 Å². The molecule has 1 aliphatic heterocycles. The van der Waals surface area contributed by atoms with Crippen LogP contribution in [0.2, 0.25) is 0 Å². The lowest BCUT2D eigenvalue weighted by atomic mass is 10.1. The highest BCUT2D eigenvalue weighted by molar-refractivity contribution is 5.92. The van der Waals surface area contributed by atoms with Crippen molar-refractivity contribution in [2.45, 2.75) is 26.1 Å². The summed E-state index contributed by atoms with van der Waals surface area (Å²) in [4.78, 5) is 15.9. The molecule has 1 saturated heterocycles. The molecule has 5 nitrogen and oxygen atoms in total. The largest absolute Gasteiger partial charge is 0.372 e. The maximum atomic E-state index is 5.87. The fraction of sp³-hybridized carbons (Fsp3) is 0.316. The van der Waals surface area contributed by atoms with Crippen molar-refractivity contribution in [1.82, 2.24) is 15.0 Å². The molecule has 0 radical (unpaired) electrons. The van der Waals surface area contributed by atoms with E-state index in [1.165, 1.54) is 0 Å². The molecule has 0 unspecified atom stereocenters. The maximum Gasteiger partial charge on any atom is 0.138 e. The van der Waals surface area contributed by atoms with E-state index in [1.54, 1.807) is 12.4 Å². The van der Waals surface area contributed by atoms with Crippen LogP contribution in [0.25, 0.3) is 22.2 Å². The molecule has 4 rings (SSSR count). The first-order chi connectivity index (χ1) is 11.7. The van der Waals surface area contributed by atoms with Crippen molar-refractivity contribution >= 4 is 16.7 Å². The zero-order chi connectivity index (χ0) is 16.5. The molecular weight excluding hydrogens is 300 g/mol. The van der Waals surface area contributed by atoms with E-state index in [0.29, 0.717) is 0 Å². The van der Waals surface area contributed by atoms with Crippen molar-refractivity contribution in [2.75, 3.05) is 18.0 Å². The van der Waals surface area contributed by atoms with Crippen LogP contribution in [-0.4, -0.2) is 40.2 Å². The lowest BCUT2D eigenvalue weighted by Gasteiger charge is -2.36. The molecule has 0 spiro atoms. The monoisotopic (exact) mass is 320 g/mol. The smallest absolute Gasteiger partial charge is 0.138 e. The van der Waals surface area contributed by atoms with Gasteiger partial charge in [0, 0.05) is 42.6 Å². The molecule has 1 fully saturated rings. The Morgan fingerprint density at radius 3 is 2.54 bits per heavy atom. The van der Waals surface area contributed by atoms with Gasteiger partial charge in [0.1, 0.15) is 5.82 Å². The molecule has 0 aromatic carbocycles. The van der Waals surface area contributed by atoms with Crippen LogP contribution in [0.5, 0.6) is 0 Å². The van der Waals surface area contributed by atoms with Crippen molar-refractivity contribution in [3.05, 3.63) is 48.9 Å².